The minimum atomic E-state index is -4.94. The van der Waals surface area contributed by atoms with Crippen LogP contribution in [0, 0.1) is 27.4 Å². The third-order valence-electron chi connectivity index (χ3n) is 2.81. The maximum Gasteiger partial charge on any atom is 0.297 e. The van der Waals surface area contributed by atoms with Crippen molar-refractivity contribution in [1.82, 2.24) is 4.98 Å². The van der Waals surface area contributed by atoms with E-state index in [1.807, 2.05) is 48.7 Å². The van der Waals surface area contributed by atoms with Gasteiger partial charge in [-0.15, -0.1) is 32.2 Å². The van der Waals surface area contributed by atoms with E-state index < -0.39 is 20.5 Å². The molecule has 2 rings (SSSR count). The zero-order valence-corrected chi connectivity index (χ0v) is 17.3. The lowest BCUT2D eigenvalue weighted by molar-refractivity contribution is -2.00. The Kier molecular flexibility index (Phi) is 11.0. The summed E-state index contributed by atoms with van der Waals surface area (Å²) in [6.45, 7) is 1.95. The molecule has 2 N–H and O–H groups in total. The SMILES string of the molecule is Cc1nc(N)c(CSc2cc[n+](C)cc2)c[n+]1C.[O-][Cl+3]([O-])([O-])[O-].[O-][Cl+3]([O-])([O-])[O-]. The molecule has 2 aromatic rings. The second-order valence-electron chi connectivity index (χ2n) is 5.05. The van der Waals surface area contributed by atoms with Crippen molar-refractivity contribution in [2.75, 3.05) is 5.73 Å². The average Bonchev–Trinajstić information content (AvgIpc) is 2.48. The number of nitrogens with zero attached hydrogens (tertiary/aromatic N) is 3. The van der Waals surface area contributed by atoms with Gasteiger partial charge in [0.1, 0.15) is 13.2 Å². The molecule has 0 aromatic carbocycles. The number of aromatic nitrogens is 3. The number of nitrogen functional groups attached to an aromatic ring is 1. The molecular formula is C13H18Cl2N4O8S. The van der Waals surface area contributed by atoms with Crippen molar-refractivity contribution < 1.29 is 66.9 Å². The molecule has 2 heterocycles. The van der Waals surface area contributed by atoms with E-state index in [1.165, 1.54) is 4.90 Å². The van der Waals surface area contributed by atoms with Crippen molar-refractivity contribution in [3.63, 3.8) is 0 Å². The van der Waals surface area contributed by atoms with E-state index >= 15 is 0 Å². The highest BCUT2D eigenvalue weighted by molar-refractivity contribution is 7.98. The van der Waals surface area contributed by atoms with Crippen molar-refractivity contribution in [3.05, 3.63) is 42.1 Å². The van der Waals surface area contributed by atoms with Gasteiger partial charge in [0.2, 0.25) is 5.82 Å². The van der Waals surface area contributed by atoms with E-state index in [0.717, 1.165) is 17.1 Å². The monoisotopic (exact) mass is 460 g/mol. The first-order chi connectivity index (χ1) is 12.6. The number of rotatable bonds is 3. The Morgan fingerprint density at radius 3 is 1.82 bits per heavy atom. The van der Waals surface area contributed by atoms with E-state index in [9.17, 15) is 0 Å². The summed E-state index contributed by atoms with van der Waals surface area (Å²) in [5.41, 5.74) is 7.01. The van der Waals surface area contributed by atoms with Crippen LogP contribution in [0.15, 0.2) is 35.6 Å². The molecule has 0 aliphatic rings. The van der Waals surface area contributed by atoms with Crippen molar-refractivity contribution >= 4 is 17.6 Å². The van der Waals surface area contributed by atoms with Crippen molar-refractivity contribution in [3.8, 4) is 0 Å². The predicted octanol–water partition coefficient (Wildman–Crippen LogP) is -8.60. The molecule has 15 heteroatoms. The molecule has 0 saturated heterocycles. The maximum atomic E-state index is 8.49. The summed E-state index contributed by atoms with van der Waals surface area (Å²) in [6, 6.07) is 4.20. The number of aryl methyl sites for hydroxylation is 3. The van der Waals surface area contributed by atoms with Crippen LogP contribution < -0.4 is 52.1 Å². The molecule has 0 aliphatic heterocycles. The van der Waals surface area contributed by atoms with Gasteiger partial charge in [-0.1, -0.05) is 0 Å². The van der Waals surface area contributed by atoms with Crippen LogP contribution >= 0.6 is 11.8 Å². The minimum absolute atomic E-state index is 0.625. The van der Waals surface area contributed by atoms with Crippen LogP contribution in [0.1, 0.15) is 11.4 Å². The van der Waals surface area contributed by atoms with Gasteiger partial charge in [-0.3, -0.25) is 0 Å². The number of halogens is 2. The summed E-state index contributed by atoms with van der Waals surface area (Å²) in [5, 5.41) is 0. The first-order valence-corrected chi connectivity index (χ1v) is 10.4. The number of thioether (sulfide) groups is 1. The molecule has 2 aromatic heterocycles. The fourth-order valence-electron chi connectivity index (χ4n) is 1.57. The first-order valence-electron chi connectivity index (χ1n) is 6.99. The van der Waals surface area contributed by atoms with Crippen LogP contribution in [0.3, 0.4) is 0 Å². The molecule has 28 heavy (non-hydrogen) atoms. The minimum Gasteiger partial charge on any atom is -0.363 e. The molecule has 0 spiro atoms. The molecule has 158 valence electrons. The summed E-state index contributed by atoms with van der Waals surface area (Å²) < 4.78 is 72.0. The van der Waals surface area contributed by atoms with Gasteiger partial charge in [-0.05, 0) is 4.98 Å². The van der Waals surface area contributed by atoms with Crippen LogP contribution in [-0.4, -0.2) is 4.98 Å². The zero-order valence-electron chi connectivity index (χ0n) is 14.9. The molecule has 0 fully saturated rings. The fourth-order valence-corrected chi connectivity index (χ4v) is 2.43. The van der Waals surface area contributed by atoms with Crippen LogP contribution in [0.2, 0.25) is 0 Å². The standard InChI is InChI=1S/C13H17N4S.2ClHO4/c1-10-15-13(14)11(8-17(10)3)9-18-12-4-6-16(2)7-5-12;2*2-1(3,4)5/h4-8,14H,9H2,1-3H3;2*(H,2,3,4,5)/q+1;;/p-1. The lowest BCUT2D eigenvalue weighted by Crippen LogP contribution is -2.68. The Bertz CT molecular complexity index is 717. The highest BCUT2D eigenvalue weighted by Crippen LogP contribution is 2.23. The van der Waals surface area contributed by atoms with Gasteiger partial charge in [0.05, 0.1) is 12.6 Å². The summed E-state index contributed by atoms with van der Waals surface area (Å²) in [7, 11) is -5.89. The molecule has 0 radical (unpaired) electrons. The Hall–Kier alpha value is -1.36. The smallest absolute Gasteiger partial charge is 0.297 e. The third-order valence-corrected chi connectivity index (χ3v) is 3.87. The van der Waals surface area contributed by atoms with Crippen molar-refractivity contribution in [2.24, 2.45) is 14.1 Å². The maximum absolute atomic E-state index is 8.49. The van der Waals surface area contributed by atoms with Crippen LogP contribution in [0.5, 0.6) is 0 Å². The van der Waals surface area contributed by atoms with Crippen LogP contribution in [0.4, 0.5) is 5.82 Å². The van der Waals surface area contributed by atoms with Gasteiger partial charge in [0.25, 0.3) is 5.82 Å². The number of hydrogen-bond donors (Lipinski definition) is 1. The third kappa shape index (κ3) is 15.7. The summed E-state index contributed by atoms with van der Waals surface area (Å²) in [5.74, 6) is 2.38. The zero-order chi connectivity index (χ0) is 22.1. The van der Waals surface area contributed by atoms with Crippen molar-refractivity contribution in [1.29, 1.82) is 0 Å². The second kappa shape index (κ2) is 11.6. The fraction of sp³-hybridized carbons (Fsp3) is 0.308. The van der Waals surface area contributed by atoms with Crippen LogP contribution in [0.25, 0.3) is 0 Å². The lowest BCUT2D eigenvalue weighted by atomic mass is 10.3. The molecule has 0 saturated carbocycles. The molecule has 0 unspecified atom stereocenters. The molecule has 0 bridgehead atoms. The van der Waals surface area contributed by atoms with E-state index in [0.29, 0.717) is 5.82 Å². The quantitative estimate of drug-likeness (QED) is 0.333. The number of nitrogens with two attached hydrogens (primary N) is 1. The topological polar surface area (TPSA) is 231 Å². The Labute approximate surface area is 169 Å². The largest absolute Gasteiger partial charge is 0.363 e. The highest BCUT2D eigenvalue weighted by Gasteiger charge is 2.12. The van der Waals surface area contributed by atoms with Gasteiger partial charge < -0.3 is 5.73 Å². The lowest BCUT2D eigenvalue weighted by Gasteiger charge is -2.17. The van der Waals surface area contributed by atoms with Crippen LogP contribution in [-0.2, 0) is 19.8 Å². The molecule has 0 aliphatic carbocycles. The van der Waals surface area contributed by atoms with Gasteiger partial charge in [-0.2, -0.15) is 0 Å². The molecule has 12 nitrogen and oxygen atoms in total. The van der Waals surface area contributed by atoms with Gasteiger partial charge in [-0.25, -0.2) is 46.4 Å². The van der Waals surface area contributed by atoms with E-state index in [2.05, 4.69) is 17.1 Å². The first kappa shape index (κ1) is 26.6. The highest BCUT2D eigenvalue weighted by atomic mass is 35.7. The Morgan fingerprint density at radius 1 is 0.964 bits per heavy atom. The van der Waals surface area contributed by atoms with Crippen molar-refractivity contribution in [2.45, 2.75) is 17.6 Å². The summed E-state index contributed by atoms with van der Waals surface area (Å²) >= 11 is 1.76. The second-order valence-corrected chi connectivity index (χ2v) is 7.61. The number of hydrogen-bond acceptors (Lipinski definition) is 11. The Balaban J connectivity index is 0.000000607. The van der Waals surface area contributed by atoms with E-state index in [4.69, 9.17) is 43.0 Å². The summed E-state index contributed by atoms with van der Waals surface area (Å²) in [6.07, 6.45) is 6.13. The molecule has 0 amide bonds. The average molecular weight is 461 g/mol. The van der Waals surface area contributed by atoms with Gasteiger partial charge in [0.15, 0.2) is 12.4 Å². The van der Waals surface area contributed by atoms with E-state index in [-0.39, 0.29) is 0 Å². The number of pyridine rings is 1. The van der Waals surface area contributed by atoms with Gasteiger partial charge >= 0.3 is 0 Å². The molecular weight excluding hydrogens is 443 g/mol. The Morgan fingerprint density at radius 2 is 1.39 bits per heavy atom. The molecule has 0 atom stereocenters. The summed E-state index contributed by atoms with van der Waals surface area (Å²) in [4.78, 5) is 5.55. The van der Waals surface area contributed by atoms with Gasteiger partial charge in [0, 0.05) is 29.7 Å². The number of anilines is 1. The predicted molar refractivity (Wildman–Crippen MR) is 71.7 cm³/mol. The normalized spacial score (nSPS) is 11.1. The van der Waals surface area contributed by atoms with E-state index in [1.54, 1.807) is 11.8 Å².